The Kier molecular flexibility index (Phi) is 12.3. The van der Waals surface area contributed by atoms with E-state index in [1.807, 2.05) is 7.05 Å². The molecule has 0 heterocycles. The van der Waals surface area contributed by atoms with Crippen molar-refractivity contribution in [2.75, 3.05) is 20.1 Å². The van der Waals surface area contributed by atoms with E-state index in [1.54, 1.807) is 13.8 Å². The third-order valence-corrected chi connectivity index (χ3v) is 1.25. The van der Waals surface area contributed by atoms with Gasteiger partial charge >= 0.3 is 0 Å². The van der Waals surface area contributed by atoms with Crippen LogP contribution in [0.2, 0.25) is 0 Å². The molecule has 0 unspecified atom stereocenters. The second-order valence-corrected chi connectivity index (χ2v) is 3.08. The fourth-order valence-corrected chi connectivity index (χ4v) is 0.529. The van der Waals surface area contributed by atoms with Gasteiger partial charge in [-0.05, 0) is 20.9 Å². The first kappa shape index (κ1) is 18.7. The first-order valence-corrected chi connectivity index (χ1v) is 3.70. The molecule has 4 N–H and O–H groups in total. The molecule has 0 aromatic rings. The van der Waals surface area contributed by atoms with Crippen molar-refractivity contribution in [1.29, 1.82) is 0 Å². The average molecular weight is 232 g/mol. The Labute approximate surface area is 91.8 Å². The second kappa shape index (κ2) is 8.56. The van der Waals surface area contributed by atoms with Crippen molar-refractivity contribution >= 4 is 30.7 Å². The smallest absolute Gasteiger partial charge is 0.239 e. The molecule has 0 saturated heterocycles. The summed E-state index contributed by atoms with van der Waals surface area (Å²) in [5, 5.41) is 5.62. The van der Waals surface area contributed by atoms with Crippen LogP contribution in [0.1, 0.15) is 13.8 Å². The molecule has 0 radical (unpaired) electrons. The molecule has 0 atom stereocenters. The number of hydrogen-bond donors (Lipinski definition) is 3. The van der Waals surface area contributed by atoms with E-state index < -0.39 is 5.54 Å². The van der Waals surface area contributed by atoms with Crippen molar-refractivity contribution in [3.8, 4) is 0 Å². The molecule has 0 saturated carbocycles. The second-order valence-electron chi connectivity index (χ2n) is 3.08. The molecule has 0 spiro atoms. The van der Waals surface area contributed by atoms with Crippen LogP contribution < -0.4 is 16.4 Å². The molecular formula is C7H19Cl2N3O. The summed E-state index contributed by atoms with van der Waals surface area (Å²) in [5.74, 6) is -0.118. The van der Waals surface area contributed by atoms with Gasteiger partial charge in [0.15, 0.2) is 0 Å². The van der Waals surface area contributed by atoms with Gasteiger partial charge in [-0.1, -0.05) is 0 Å². The zero-order valence-electron chi connectivity index (χ0n) is 8.22. The molecule has 82 valence electrons. The molecule has 0 aliphatic rings. The van der Waals surface area contributed by atoms with E-state index in [-0.39, 0.29) is 30.7 Å². The lowest BCUT2D eigenvalue weighted by Gasteiger charge is -2.17. The average Bonchev–Trinajstić information content (AvgIpc) is 1.86. The Morgan fingerprint density at radius 2 is 1.77 bits per heavy atom. The summed E-state index contributed by atoms with van der Waals surface area (Å²) in [4.78, 5) is 11.1. The summed E-state index contributed by atoms with van der Waals surface area (Å²) in [6.07, 6.45) is 0. The molecule has 1 amide bonds. The number of likely N-dealkylation sites (N-methyl/N-ethyl adjacent to an activating group) is 1. The first-order valence-electron chi connectivity index (χ1n) is 3.70. The normalized spacial score (nSPS) is 9.54. The van der Waals surface area contributed by atoms with Crippen molar-refractivity contribution in [2.24, 2.45) is 5.73 Å². The van der Waals surface area contributed by atoms with E-state index >= 15 is 0 Å². The van der Waals surface area contributed by atoms with Gasteiger partial charge in [-0.3, -0.25) is 4.79 Å². The SMILES string of the molecule is CNCCNC(=O)C(C)(C)N.Cl.Cl. The van der Waals surface area contributed by atoms with Crippen LogP contribution in [0.4, 0.5) is 0 Å². The molecule has 0 aromatic heterocycles. The lowest BCUT2D eigenvalue weighted by atomic mass is 10.1. The third-order valence-electron chi connectivity index (χ3n) is 1.25. The van der Waals surface area contributed by atoms with E-state index in [9.17, 15) is 4.79 Å². The fourth-order valence-electron chi connectivity index (χ4n) is 0.529. The Balaban J connectivity index is -0.000000500. The summed E-state index contributed by atoms with van der Waals surface area (Å²) in [6.45, 7) is 4.75. The van der Waals surface area contributed by atoms with E-state index in [0.717, 1.165) is 6.54 Å². The highest BCUT2D eigenvalue weighted by Gasteiger charge is 2.20. The lowest BCUT2D eigenvalue weighted by molar-refractivity contribution is -0.125. The maximum atomic E-state index is 11.1. The number of rotatable bonds is 4. The van der Waals surface area contributed by atoms with Crippen LogP contribution in [0.5, 0.6) is 0 Å². The van der Waals surface area contributed by atoms with Crippen LogP contribution in [0.3, 0.4) is 0 Å². The minimum atomic E-state index is -0.770. The molecule has 0 aliphatic heterocycles. The predicted octanol–water partition coefficient (Wildman–Crippen LogP) is -0.0971. The van der Waals surface area contributed by atoms with Gasteiger partial charge in [-0.15, -0.1) is 24.8 Å². The minimum absolute atomic E-state index is 0. The first-order chi connectivity index (χ1) is 4.98. The van der Waals surface area contributed by atoms with Gasteiger partial charge in [0.1, 0.15) is 0 Å². The predicted molar refractivity (Wildman–Crippen MR) is 59.7 cm³/mol. The van der Waals surface area contributed by atoms with Crippen molar-refractivity contribution < 1.29 is 4.79 Å². The Bertz CT molecular complexity index is 136. The van der Waals surface area contributed by atoms with Crippen LogP contribution in [0.25, 0.3) is 0 Å². The zero-order valence-corrected chi connectivity index (χ0v) is 9.85. The Hall–Kier alpha value is -0.0300. The summed E-state index contributed by atoms with van der Waals surface area (Å²) >= 11 is 0. The van der Waals surface area contributed by atoms with Crippen molar-refractivity contribution in [1.82, 2.24) is 10.6 Å². The zero-order chi connectivity index (χ0) is 8.91. The standard InChI is InChI=1S/C7H17N3O.2ClH/c1-7(2,8)6(11)10-5-4-9-3;;/h9H,4-5,8H2,1-3H3,(H,10,11);2*1H. The van der Waals surface area contributed by atoms with Crippen molar-refractivity contribution in [3.63, 3.8) is 0 Å². The summed E-state index contributed by atoms with van der Waals surface area (Å²) < 4.78 is 0. The van der Waals surface area contributed by atoms with Gasteiger partial charge in [-0.2, -0.15) is 0 Å². The topological polar surface area (TPSA) is 67.1 Å². The van der Waals surface area contributed by atoms with E-state index in [1.165, 1.54) is 0 Å². The number of nitrogens with two attached hydrogens (primary N) is 1. The fraction of sp³-hybridized carbons (Fsp3) is 0.857. The van der Waals surface area contributed by atoms with Crippen LogP contribution in [0.15, 0.2) is 0 Å². The van der Waals surface area contributed by atoms with Gasteiger partial charge < -0.3 is 16.4 Å². The number of hydrogen-bond acceptors (Lipinski definition) is 3. The molecule has 0 fully saturated rings. The quantitative estimate of drug-likeness (QED) is 0.593. The molecule has 0 aliphatic carbocycles. The number of halogens is 2. The Morgan fingerprint density at radius 1 is 1.31 bits per heavy atom. The van der Waals surface area contributed by atoms with Gasteiger partial charge in [0.25, 0.3) is 0 Å². The Morgan fingerprint density at radius 3 is 2.08 bits per heavy atom. The van der Waals surface area contributed by atoms with Gasteiger partial charge in [0.05, 0.1) is 5.54 Å². The molecule has 6 heteroatoms. The molecule has 4 nitrogen and oxygen atoms in total. The summed E-state index contributed by atoms with van der Waals surface area (Å²) in [7, 11) is 1.83. The van der Waals surface area contributed by atoms with Crippen LogP contribution in [0, 0.1) is 0 Å². The highest BCUT2D eigenvalue weighted by Crippen LogP contribution is 1.94. The van der Waals surface area contributed by atoms with Gasteiger partial charge in [0.2, 0.25) is 5.91 Å². The van der Waals surface area contributed by atoms with E-state index in [2.05, 4.69) is 10.6 Å². The number of carbonyl (C=O) groups is 1. The number of amides is 1. The molecular weight excluding hydrogens is 213 g/mol. The molecule has 0 aromatic carbocycles. The number of nitrogens with one attached hydrogen (secondary N) is 2. The highest BCUT2D eigenvalue weighted by molar-refractivity contribution is 5.85. The van der Waals surface area contributed by atoms with Crippen LogP contribution in [-0.4, -0.2) is 31.6 Å². The minimum Gasteiger partial charge on any atom is -0.353 e. The van der Waals surface area contributed by atoms with Gasteiger partial charge in [0, 0.05) is 13.1 Å². The molecule has 13 heavy (non-hydrogen) atoms. The van der Waals surface area contributed by atoms with E-state index in [4.69, 9.17) is 5.73 Å². The lowest BCUT2D eigenvalue weighted by Crippen LogP contribution is -2.50. The summed E-state index contributed by atoms with van der Waals surface area (Å²) in [6, 6.07) is 0. The highest BCUT2D eigenvalue weighted by atomic mass is 35.5. The largest absolute Gasteiger partial charge is 0.353 e. The monoisotopic (exact) mass is 231 g/mol. The van der Waals surface area contributed by atoms with Crippen LogP contribution >= 0.6 is 24.8 Å². The molecule has 0 bridgehead atoms. The van der Waals surface area contributed by atoms with E-state index in [0.29, 0.717) is 6.54 Å². The number of carbonyl (C=O) groups excluding carboxylic acids is 1. The maximum Gasteiger partial charge on any atom is 0.239 e. The molecule has 0 rings (SSSR count). The summed E-state index contributed by atoms with van der Waals surface area (Å²) in [5.41, 5.74) is 4.76. The maximum absolute atomic E-state index is 11.1. The van der Waals surface area contributed by atoms with Crippen molar-refractivity contribution in [3.05, 3.63) is 0 Å². The van der Waals surface area contributed by atoms with Crippen molar-refractivity contribution in [2.45, 2.75) is 19.4 Å². The van der Waals surface area contributed by atoms with Gasteiger partial charge in [-0.25, -0.2) is 0 Å². The van der Waals surface area contributed by atoms with Crippen LogP contribution in [-0.2, 0) is 4.79 Å². The third kappa shape index (κ3) is 9.89.